The topological polar surface area (TPSA) is 96.0 Å². The van der Waals surface area contributed by atoms with Crippen LogP contribution in [0.1, 0.15) is 39.2 Å². The lowest BCUT2D eigenvalue weighted by atomic mass is 10.1. The van der Waals surface area contributed by atoms with Gasteiger partial charge in [0.2, 0.25) is 21.8 Å². The minimum absolute atomic E-state index is 0.0383. The van der Waals surface area contributed by atoms with E-state index in [1.54, 1.807) is 38.3 Å². The van der Waals surface area contributed by atoms with Gasteiger partial charge in [0.1, 0.15) is 11.8 Å². The second-order valence-electron chi connectivity index (χ2n) is 8.75. The zero-order chi connectivity index (χ0) is 27.0. The summed E-state index contributed by atoms with van der Waals surface area (Å²) in [5.41, 5.74) is 0.747. The third-order valence-electron chi connectivity index (χ3n) is 5.45. The molecule has 0 aromatic heterocycles. The molecule has 2 aromatic rings. The number of amides is 2. The first-order chi connectivity index (χ1) is 16.8. The van der Waals surface area contributed by atoms with Crippen molar-refractivity contribution in [1.29, 1.82) is 0 Å². The average Bonchev–Trinajstić information content (AvgIpc) is 2.80. The number of nitrogens with one attached hydrogen (secondary N) is 1. The molecular formula is C25H33F2N3O5S. The van der Waals surface area contributed by atoms with E-state index < -0.39 is 27.7 Å². The minimum atomic E-state index is -3.82. The number of hydrogen-bond donors (Lipinski definition) is 1. The van der Waals surface area contributed by atoms with E-state index in [1.165, 1.54) is 4.90 Å². The Hall–Kier alpha value is -3.21. The van der Waals surface area contributed by atoms with Crippen molar-refractivity contribution in [3.63, 3.8) is 0 Å². The van der Waals surface area contributed by atoms with Gasteiger partial charge in [-0.3, -0.25) is 13.9 Å². The molecule has 0 bridgehead atoms. The molecule has 0 radical (unpaired) electrons. The highest BCUT2D eigenvalue weighted by Gasteiger charge is 2.27. The van der Waals surface area contributed by atoms with Crippen molar-refractivity contribution in [3.05, 3.63) is 59.7 Å². The van der Waals surface area contributed by atoms with Gasteiger partial charge in [-0.15, -0.1) is 0 Å². The molecule has 2 rings (SSSR count). The van der Waals surface area contributed by atoms with Crippen LogP contribution in [0.3, 0.4) is 0 Å². The van der Waals surface area contributed by atoms with Crippen LogP contribution in [0.2, 0.25) is 0 Å². The lowest BCUT2D eigenvalue weighted by Gasteiger charge is -2.30. The minimum Gasteiger partial charge on any atom is -0.497 e. The zero-order valence-corrected chi connectivity index (χ0v) is 21.9. The van der Waals surface area contributed by atoms with E-state index in [0.717, 1.165) is 34.3 Å². The maximum Gasteiger partial charge on any atom is 0.242 e. The highest BCUT2D eigenvalue weighted by Crippen LogP contribution is 2.22. The molecule has 198 valence electrons. The Balaban J connectivity index is 2.18. The number of nitrogens with zero attached hydrogens (tertiary/aromatic N) is 2. The summed E-state index contributed by atoms with van der Waals surface area (Å²) >= 11 is 0. The quantitative estimate of drug-likeness (QED) is 0.458. The van der Waals surface area contributed by atoms with Crippen LogP contribution in [0.25, 0.3) is 0 Å². The van der Waals surface area contributed by atoms with E-state index in [-0.39, 0.29) is 49.5 Å². The molecule has 0 aliphatic rings. The van der Waals surface area contributed by atoms with Crippen molar-refractivity contribution >= 4 is 27.5 Å². The van der Waals surface area contributed by atoms with E-state index in [0.29, 0.717) is 5.75 Å². The van der Waals surface area contributed by atoms with Gasteiger partial charge in [-0.1, -0.05) is 12.1 Å². The molecule has 0 saturated carbocycles. The third kappa shape index (κ3) is 8.18. The molecule has 2 amide bonds. The highest BCUT2D eigenvalue weighted by molar-refractivity contribution is 7.92. The predicted molar refractivity (Wildman–Crippen MR) is 134 cm³/mol. The van der Waals surface area contributed by atoms with E-state index in [2.05, 4.69) is 5.32 Å². The van der Waals surface area contributed by atoms with E-state index in [9.17, 15) is 26.8 Å². The van der Waals surface area contributed by atoms with E-state index in [1.807, 2.05) is 13.8 Å². The Morgan fingerprint density at radius 2 is 1.67 bits per heavy atom. The monoisotopic (exact) mass is 525 g/mol. The lowest BCUT2D eigenvalue weighted by molar-refractivity contribution is -0.140. The largest absolute Gasteiger partial charge is 0.497 e. The second-order valence-corrected chi connectivity index (χ2v) is 10.7. The fourth-order valence-corrected chi connectivity index (χ4v) is 4.52. The van der Waals surface area contributed by atoms with Crippen molar-refractivity contribution in [2.24, 2.45) is 0 Å². The maximum absolute atomic E-state index is 13.7. The molecule has 1 atom stereocenters. The van der Waals surface area contributed by atoms with Crippen LogP contribution in [0, 0.1) is 11.6 Å². The van der Waals surface area contributed by atoms with Crippen LogP contribution in [0.4, 0.5) is 14.5 Å². The zero-order valence-electron chi connectivity index (χ0n) is 21.1. The number of hydrogen-bond acceptors (Lipinski definition) is 5. The number of rotatable bonds is 12. The fraction of sp³-hybridized carbons (Fsp3) is 0.440. The van der Waals surface area contributed by atoms with E-state index >= 15 is 0 Å². The first-order valence-corrected chi connectivity index (χ1v) is 13.3. The van der Waals surface area contributed by atoms with Crippen LogP contribution in [0.15, 0.2) is 42.5 Å². The second kappa shape index (κ2) is 12.7. The number of methoxy groups -OCH3 is 1. The highest BCUT2D eigenvalue weighted by atomic mass is 32.2. The van der Waals surface area contributed by atoms with Gasteiger partial charge in [-0.05, 0) is 57.0 Å². The smallest absolute Gasteiger partial charge is 0.242 e. The third-order valence-corrected chi connectivity index (χ3v) is 6.65. The predicted octanol–water partition coefficient (Wildman–Crippen LogP) is 3.46. The molecule has 0 spiro atoms. The molecule has 1 N–H and O–H groups in total. The molecule has 0 fully saturated rings. The standard InChI is InChI=1S/C25H33F2N3O5S/c1-17(2)28-25(32)18(3)29(16-19-8-11-21(35-4)12-9-19)24(31)7-6-14-30(36(5,33)34)20-10-13-22(26)23(27)15-20/h8-13,15,17-18H,6-7,14,16H2,1-5H3,(H,28,32)/t18-/m0/s1. The van der Waals surface area contributed by atoms with Crippen LogP contribution in [-0.2, 0) is 26.2 Å². The van der Waals surface area contributed by atoms with Gasteiger partial charge in [0.15, 0.2) is 11.6 Å². The number of carbonyl (C=O) groups excluding carboxylic acids is 2. The first-order valence-electron chi connectivity index (χ1n) is 11.5. The molecule has 0 heterocycles. The Bertz CT molecular complexity index is 1160. The number of anilines is 1. The number of carbonyl (C=O) groups is 2. The van der Waals surface area contributed by atoms with Crippen molar-refractivity contribution in [2.75, 3.05) is 24.2 Å². The molecule has 0 aliphatic heterocycles. The number of ether oxygens (including phenoxy) is 1. The van der Waals surface area contributed by atoms with Crippen molar-refractivity contribution in [1.82, 2.24) is 10.2 Å². The number of halogens is 2. The van der Waals surface area contributed by atoms with Crippen molar-refractivity contribution in [3.8, 4) is 5.75 Å². The fourth-order valence-electron chi connectivity index (χ4n) is 3.56. The maximum atomic E-state index is 13.7. The summed E-state index contributed by atoms with van der Waals surface area (Å²) in [6, 6.07) is 9.01. The lowest BCUT2D eigenvalue weighted by Crippen LogP contribution is -2.49. The van der Waals surface area contributed by atoms with Gasteiger partial charge in [0.05, 0.1) is 19.1 Å². The van der Waals surface area contributed by atoms with Gasteiger partial charge in [0, 0.05) is 31.6 Å². The molecule has 8 nitrogen and oxygen atoms in total. The van der Waals surface area contributed by atoms with Gasteiger partial charge in [-0.25, -0.2) is 17.2 Å². The normalized spacial score (nSPS) is 12.2. The molecule has 0 saturated heterocycles. The summed E-state index contributed by atoms with van der Waals surface area (Å²) < 4.78 is 57.7. The van der Waals surface area contributed by atoms with Crippen molar-refractivity contribution < 1.29 is 31.5 Å². The first kappa shape index (κ1) is 29.0. The summed E-state index contributed by atoms with van der Waals surface area (Å²) in [6.45, 7) is 5.30. The summed E-state index contributed by atoms with van der Waals surface area (Å²) in [6.07, 6.45) is 0.984. The van der Waals surface area contributed by atoms with Crippen LogP contribution >= 0.6 is 0 Å². The van der Waals surface area contributed by atoms with Crippen LogP contribution in [-0.4, -0.2) is 57.1 Å². The van der Waals surface area contributed by atoms with Gasteiger partial charge < -0.3 is 15.0 Å². The number of benzene rings is 2. The summed E-state index contributed by atoms with van der Waals surface area (Å²) in [5.74, 6) is -2.28. The van der Waals surface area contributed by atoms with Gasteiger partial charge in [-0.2, -0.15) is 0 Å². The SMILES string of the molecule is COc1ccc(CN(C(=O)CCCN(c2ccc(F)c(F)c2)S(C)(=O)=O)[C@@H](C)C(=O)NC(C)C)cc1. The Morgan fingerprint density at radius 3 is 2.19 bits per heavy atom. The Morgan fingerprint density at radius 1 is 1.03 bits per heavy atom. The summed E-state index contributed by atoms with van der Waals surface area (Å²) in [7, 11) is -2.28. The van der Waals surface area contributed by atoms with Gasteiger partial charge >= 0.3 is 0 Å². The van der Waals surface area contributed by atoms with Crippen LogP contribution in [0.5, 0.6) is 5.75 Å². The van der Waals surface area contributed by atoms with E-state index in [4.69, 9.17) is 4.74 Å². The Kier molecular flexibility index (Phi) is 10.2. The average molecular weight is 526 g/mol. The summed E-state index contributed by atoms with van der Waals surface area (Å²) in [4.78, 5) is 27.3. The van der Waals surface area contributed by atoms with Crippen LogP contribution < -0.4 is 14.4 Å². The summed E-state index contributed by atoms with van der Waals surface area (Å²) in [5, 5.41) is 2.80. The molecule has 2 aromatic carbocycles. The van der Waals surface area contributed by atoms with Gasteiger partial charge in [0.25, 0.3) is 0 Å². The van der Waals surface area contributed by atoms with Crippen molar-refractivity contribution in [2.45, 2.75) is 52.2 Å². The number of sulfonamides is 1. The molecule has 11 heteroatoms. The molecule has 0 aliphatic carbocycles. The Labute approximate surface area is 211 Å². The molecule has 36 heavy (non-hydrogen) atoms. The molecule has 0 unspecified atom stereocenters. The molecular weight excluding hydrogens is 492 g/mol.